The van der Waals surface area contributed by atoms with Crippen LogP contribution in [0.25, 0.3) is 0 Å². The predicted octanol–water partition coefficient (Wildman–Crippen LogP) is 6.90. The third-order valence-electron chi connectivity index (χ3n) is 8.11. The molecule has 8 atom stereocenters. The minimum atomic E-state index is -0.377. The first-order valence-electron chi connectivity index (χ1n) is 13.8. The summed E-state index contributed by atoms with van der Waals surface area (Å²) in [6, 6.07) is 23.3. The average Bonchev–Trinajstić information content (AvgIpc) is 3.42. The van der Waals surface area contributed by atoms with E-state index in [9.17, 15) is 0 Å². The molecule has 2 aromatic rings. The summed E-state index contributed by atoms with van der Waals surface area (Å²) in [5, 5.41) is 3.04. The molecule has 4 heteroatoms. The Morgan fingerprint density at radius 2 is 0.973 bits per heavy atom. The number of hydrogen-bond donors (Lipinski definition) is 0. The van der Waals surface area contributed by atoms with Crippen LogP contribution < -0.4 is 10.6 Å². The van der Waals surface area contributed by atoms with Gasteiger partial charge in [0.1, 0.15) is 0 Å². The van der Waals surface area contributed by atoms with Gasteiger partial charge in [-0.3, -0.25) is 9.98 Å². The number of rotatable bonds is 2. The van der Waals surface area contributed by atoms with E-state index in [4.69, 9.17) is 9.98 Å². The lowest BCUT2D eigenvalue weighted by molar-refractivity contribution is 0.605. The predicted molar refractivity (Wildman–Crippen MR) is 165 cm³/mol. The van der Waals surface area contributed by atoms with Crippen LogP contribution in [0.2, 0.25) is 0 Å². The van der Waals surface area contributed by atoms with Crippen molar-refractivity contribution < 1.29 is 0 Å². The Kier molecular flexibility index (Phi) is 8.06. The van der Waals surface area contributed by atoms with Crippen molar-refractivity contribution in [2.24, 2.45) is 21.8 Å². The first-order valence-corrected chi connectivity index (χ1v) is 17.0. The van der Waals surface area contributed by atoms with Crippen molar-refractivity contribution in [3.05, 3.63) is 109 Å². The van der Waals surface area contributed by atoms with E-state index in [0.717, 1.165) is 12.8 Å². The van der Waals surface area contributed by atoms with Crippen molar-refractivity contribution in [2.75, 3.05) is 12.3 Å². The second-order valence-electron chi connectivity index (χ2n) is 10.4. The number of aliphatic imine (C=N–C) groups is 2. The summed E-state index contributed by atoms with van der Waals surface area (Å²) in [4.78, 5) is 10.4. The van der Waals surface area contributed by atoms with Gasteiger partial charge < -0.3 is 0 Å². The fraction of sp³-hybridized carbons (Fsp3) is 0.333. The van der Waals surface area contributed by atoms with E-state index >= 15 is 0 Å². The van der Waals surface area contributed by atoms with E-state index in [0.29, 0.717) is 35.2 Å². The van der Waals surface area contributed by atoms with Crippen LogP contribution in [0.3, 0.4) is 0 Å². The smallest absolute Gasteiger partial charge is 0.0719 e. The fourth-order valence-electron chi connectivity index (χ4n) is 6.17. The van der Waals surface area contributed by atoms with Gasteiger partial charge in [-0.05, 0) is 42.2 Å². The number of nitrogens with zero attached hydrogens (tertiary/aromatic N) is 2. The molecular formula is C33H36N2P2. The molecule has 1 saturated carbocycles. The molecule has 6 rings (SSSR count). The molecular weight excluding hydrogens is 486 g/mol. The van der Waals surface area contributed by atoms with Crippen molar-refractivity contribution in [3.8, 4) is 0 Å². The van der Waals surface area contributed by atoms with Crippen LogP contribution in [-0.2, 0) is 0 Å². The first kappa shape index (κ1) is 24.9. The van der Waals surface area contributed by atoms with Crippen LogP contribution in [0.1, 0.15) is 19.3 Å². The second-order valence-corrected chi connectivity index (χ2v) is 15.4. The van der Waals surface area contributed by atoms with Crippen molar-refractivity contribution in [2.45, 2.75) is 42.7 Å². The Morgan fingerprint density at radius 1 is 0.541 bits per heavy atom. The average molecular weight is 523 g/mol. The van der Waals surface area contributed by atoms with Gasteiger partial charge in [-0.15, -0.1) is 0 Å². The molecule has 1 aliphatic heterocycles. The third-order valence-corrected chi connectivity index (χ3v) is 14.3. The number of benzene rings is 2. The van der Waals surface area contributed by atoms with Crippen LogP contribution in [0.4, 0.5) is 0 Å². The molecule has 188 valence electrons. The maximum Gasteiger partial charge on any atom is 0.0719 e. The molecule has 0 bridgehead atoms. The lowest BCUT2D eigenvalue weighted by Gasteiger charge is -2.35. The van der Waals surface area contributed by atoms with E-state index < -0.39 is 0 Å². The summed E-state index contributed by atoms with van der Waals surface area (Å²) in [6.45, 7) is 0. The topological polar surface area (TPSA) is 24.7 Å². The Labute approximate surface area is 224 Å². The van der Waals surface area contributed by atoms with E-state index in [1.165, 1.54) is 29.4 Å². The molecule has 6 unspecified atom stereocenters. The van der Waals surface area contributed by atoms with E-state index in [2.05, 4.69) is 122 Å². The fourth-order valence-corrected chi connectivity index (χ4v) is 12.6. The maximum absolute atomic E-state index is 5.21. The van der Waals surface area contributed by atoms with Gasteiger partial charge in [-0.2, -0.15) is 0 Å². The molecule has 3 aliphatic carbocycles. The van der Waals surface area contributed by atoms with Crippen molar-refractivity contribution in [1.29, 1.82) is 0 Å². The summed E-state index contributed by atoms with van der Waals surface area (Å²) in [5.74, 6) is 0.718. The zero-order valence-corrected chi connectivity index (χ0v) is 23.1. The lowest BCUT2D eigenvalue weighted by Crippen LogP contribution is -2.29. The molecule has 0 amide bonds. The molecule has 1 fully saturated rings. The number of allylic oxidation sites excluding steroid dienone is 8. The van der Waals surface area contributed by atoms with Crippen molar-refractivity contribution in [3.63, 3.8) is 0 Å². The van der Waals surface area contributed by atoms with Crippen molar-refractivity contribution in [1.82, 2.24) is 0 Å². The van der Waals surface area contributed by atoms with Gasteiger partial charge in [0.15, 0.2) is 0 Å². The highest BCUT2D eigenvalue weighted by Gasteiger charge is 2.33. The Balaban J connectivity index is 1.43. The van der Waals surface area contributed by atoms with Gasteiger partial charge in [0, 0.05) is 35.6 Å². The van der Waals surface area contributed by atoms with E-state index in [-0.39, 0.29) is 15.8 Å². The standard InChI is InChI=1S/C33H36N2P2/c1-3-14-28(15-4-1)36-22-23-37(29-16-5-2-6-17-29)33-21-10-8-13-27(33)25-35-31-19-11-18-30(31)34-24-26-12-7-9-20-32(26)36/h1-10,12-17,20-21,24-27,30-33H,11,18-19,22-23H2/t26?,27?,30-,31-,32?,33?,36?,37?/m0/s1. The highest BCUT2D eigenvalue weighted by molar-refractivity contribution is 7.70. The molecule has 0 saturated heterocycles. The quantitative estimate of drug-likeness (QED) is 0.384. The minimum Gasteiger partial charge on any atom is -0.291 e. The van der Waals surface area contributed by atoms with Gasteiger partial charge >= 0.3 is 0 Å². The molecule has 0 spiro atoms. The monoisotopic (exact) mass is 522 g/mol. The zero-order chi connectivity index (χ0) is 24.9. The third kappa shape index (κ3) is 5.72. The lowest BCUT2D eigenvalue weighted by atomic mass is 10.0. The maximum atomic E-state index is 5.21. The summed E-state index contributed by atoms with van der Waals surface area (Å²) >= 11 is 0. The SMILES string of the molecule is C1=CC2C=N[C@H]3CCC[C@@H]3N=CC3C=CC=CC3P(c3ccccc3)CCP(c3ccccc3)C2C=C1. The Bertz CT molecular complexity index is 1120. The van der Waals surface area contributed by atoms with E-state index in [1.54, 1.807) is 0 Å². The van der Waals surface area contributed by atoms with Gasteiger partial charge in [-0.1, -0.05) is 125 Å². The molecule has 2 nitrogen and oxygen atoms in total. The summed E-state index contributed by atoms with van der Waals surface area (Å²) < 4.78 is 0. The van der Waals surface area contributed by atoms with Gasteiger partial charge in [0.05, 0.1) is 12.1 Å². The van der Waals surface area contributed by atoms with Crippen LogP contribution >= 0.6 is 15.8 Å². The van der Waals surface area contributed by atoms with Crippen LogP contribution in [0.15, 0.2) is 119 Å². The molecule has 4 aliphatic rings. The summed E-state index contributed by atoms with van der Waals surface area (Å²) in [5.41, 5.74) is 0.977. The summed E-state index contributed by atoms with van der Waals surface area (Å²) in [7, 11) is -0.754. The molecule has 0 radical (unpaired) electrons. The Morgan fingerprint density at radius 3 is 1.43 bits per heavy atom. The van der Waals surface area contributed by atoms with Gasteiger partial charge in [0.2, 0.25) is 0 Å². The normalized spacial score (nSPS) is 34.9. The second kappa shape index (κ2) is 12.0. The molecule has 1 heterocycles. The van der Waals surface area contributed by atoms with Gasteiger partial charge in [0.25, 0.3) is 0 Å². The Hall–Kier alpha value is -2.40. The molecule has 37 heavy (non-hydrogen) atoms. The highest BCUT2D eigenvalue weighted by atomic mass is 31.1. The zero-order valence-electron chi connectivity index (χ0n) is 21.3. The van der Waals surface area contributed by atoms with E-state index in [1.807, 2.05) is 0 Å². The first-order chi connectivity index (χ1) is 18.4. The highest BCUT2D eigenvalue weighted by Crippen LogP contribution is 2.52. The largest absolute Gasteiger partial charge is 0.291 e. The van der Waals surface area contributed by atoms with Crippen LogP contribution in [-0.4, -0.2) is 48.2 Å². The number of hydrogen-bond acceptors (Lipinski definition) is 2. The minimum absolute atomic E-state index is 0.319. The van der Waals surface area contributed by atoms with Gasteiger partial charge in [-0.25, -0.2) is 0 Å². The molecule has 0 N–H and O–H groups in total. The number of fused-ring (bicyclic) bond motifs is 3. The van der Waals surface area contributed by atoms with Crippen LogP contribution in [0.5, 0.6) is 0 Å². The summed E-state index contributed by atoms with van der Waals surface area (Å²) in [6.07, 6.45) is 29.3. The van der Waals surface area contributed by atoms with Crippen molar-refractivity contribution >= 4 is 38.9 Å². The molecule has 0 aromatic heterocycles. The molecule has 2 aromatic carbocycles. The van der Waals surface area contributed by atoms with Crippen LogP contribution in [0, 0.1) is 11.8 Å².